The van der Waals surface area contributed by atoms with Gasteiger partial charge in [0.25, 0.3) is 0 Å². The number of ether oxygens (including phenoxy) is 1. The summed E-state index contributed by atoms with van der Waals surface area (Å²) in [7, 11) is 0. The van der Waals surface area contributed by atoms with E-state index in [1.54, 1.807) is 11.8 Å². The molecule has 0 radical (unpaired) electrons. The number of carboxylic acid groups (broad SMARTS) is 1. The number of amides is 2. The number of nitrogens with zero attached hydrogens (tertiary/aromatic N) is 2. The summed E-state index contributed by atoms with van der Waals surface area (Å²) in [6.07, 6.45) is 1.66. The number of aliphatic carboxylic acids is 1. The predicted octanol–water partition coefficient (Wildman–Crippen LogP) is 0.356. The summed E-state index contributed by atoms with van der Waals surface area (Å²) in [5.74, 6) is -0.817. The Morgan fingerprint density at radius 3 is 2.29 bits per heavy atom. The molecule has 0 aromatic carbocycles. The Labute approximate surface area is 125 Å². The van der Waals surface area contributed by atoms with Gasteiger partial charge in [0.15, 0.2) is 0 Å². The van der Waals surface area contributed by atoms with Crippen molar-refractivity contribution in [3.63, 3.8) is 0 Å². The third-order valence-electron chi connectivity index (χ3n) is 4.51. The van der Waals surface area contributed by atoms with Crippen molar-refractivity contribution in [1.82, 2.24) is 15.1 Å². The van der Waals surface area contributed by atoms with E-state index in [-0.39, 0.29) is 11.6 Å². The first-order valence-electron chi connectivity index (χ1n) is 7.53. The lowest BCUT2D eigenvalue weighted by Crippen LogP contribution is -2.59. The van der Waals surface area contributed by atoms with Crippen LogP contribution < -0.4 is 5.32 Å². The molecule has 2 fully saturated rings. The SMILES string of the molecule is CC(C(=O)O)N1CCN(C(=O)NC2(C)CCOCC2)CC1. The molecule has 7 heteroatoms. The van der Waals surface area contributed by atoms with Crippen LogP contribution in [0, 0.1) is 0 Å². The van der Waals surface area contributed by atoms with E-state index in [1.807, 2.05) is 4.90 Å². The summed E-state index contributed by atoms with van der Waals surface area (Å²) in [4.78, 5) is 27.0. The van der Waals surface area contributed by atoms with E-state index in [4.69, 9.17) is 9.84 Å². The molecule has 2 amide bonds. The lowest BCUT2D eigenvalue weighted by Gasteiger charge is -2.40. The number of rotatable bonds is 3. The molecule has 0 aromatic rings. The molecule has 7 nitrogen and oxygen atoms in total. The van der Waals surface area contributed by atoms with Crippen LogP contribution in [-0.4, -0.2) is 77.9 Å². The second kappa shape index (κ2) is 6.62. The van der Waals surface area contributed by atoms with Crippen LogP contribution in [0.15, 0.2) is 0 Å². The lowest BCUT2D eigenvalue weighted by molar-refractivity contribution is -0.143. The van der Waals surface area contributed by atoms with Crippen molar-refractivity contribution in [2.24, 2.45) is 0 Å². The summed E-state index contributed by atoms with van der Waals surface area (Å²) in [6, 6.07) is -0.551. The molecule has 0 bridgehead atoms. The van der Waals surface area contributed by atoms with Crippen molar-refractivity contribution in [3.05, 3.63) is 0 Å². The molecule has 21 heavy (non-hydrogen) atoms. The molecule has 0 aromatic heterocycles. The summed E-state index contributed by atoms with van der Waals surface area (Å²) in [6.45, 7) is 7.42. The quantitative estimate of drug-likeness (QED) is 0.786. The van der Waals surface area contributed by atoms with Crippen LogP contribution in [0.3, 0.4) is 0 Å². The number of carbonyl (C=O) groups is 2. The van der Waals surface area contributed by atoms with E-state index in [0.29, 0.717) is 39.4 Å². The highest BCUT2D eigenvalue weighted by molar-refractivity contribution is 5.75. The molecule has 2 aliphatic heterocycles. The molecule has 2 aliphatic rings. The van der Waals surface area contributed by atoms with Crippen molar-refractivity contribution in [3.8, 4) is 0 Å². The maximum Gasteiger partial charge on any atom is 0.320 e. The molecule has 2 rings (SSSR count). The van der Waals surface area contributed by atoms with E-state index in [9.17, 15) is 9.59 Å². The normalized spacial score (nSPS) is 24.4. The highest BCUT2D eigenvalue weighted by Gasteiger charge is 2.32. The van der Waals surface area contributed by atoms with Crippen LogP contribution in [0.2, 0.25) is 0 Å². The monoisotopic (exact) mass is 299 g/mol. The standard InChI is InChI=1S/C14H25N3O4/c1-11(12(18)19)16-5-7-17(8-6-16)13(20)15-14(2)3-9-21-10-4-14/h11H,3-10H2,1-2H3,(H,15,20)(H,18,19). The second-order valence-corrected chi connectivity index (χ2v) is 6.14. The zero-order chi connectivity index (χ0) is 15.5. The van der Waals surface area contributed by atoms with E-state index in [2.05, 4.69) is 12.2 Å². The van der Waals surface area contributed by atoms with Gasteiger partial charge >= 0.3 is 12.0 Å². The maximum absolute atomic E-state index is 12.3. The van der Waals surface area contributed by atoms with Gasteiger partial charge in [-0.1, -0.05) is 0 Å². The fourth-order valence-electron chi connectivity index (χ4n) is 2.75. The number of carbonyl (C=O) groups excluding carboxylic acids is 1. The largest absolute Gasteiger partial charge is 0.480 e. The molecular weight excluding hydrogens is 274 g/mol. The molecular formula is C14H25N3O4. The smallest absolute Gasteiger partial charge is 0.320 e. The van der Waals surface area contributed by atoms with Gasteiger partial charge in [-0.3, -0.25) is 9.69 Å². The van der Waals surface area contributed by atoms with Crippen LogP contribution in [-0.2, 0) is 9.53 Å². The van der Waals surface area contributed by atoms with Gasteiger partial charge in [-0.2, -0.15) is 0 Å². The number of carboxylic acids is 1. The molecule has 0 spiro atoms. The molecule has 0 saturated carbocycles. The van der Waals surface area contributed by atoms with E-state index in [0.717, 1.165) is 12.8 Å². The van der Waals surface area contributed by atoms with Crippen LogP contribution in [0.5, 0.6) is 0 Å². The van der Waals surface area contributed by atoms with E-state index in [1.165, 1.54) is 0 Å². The first-order chi connectivity index (χ1) is 9.91. The summed E-state index contributed by atoms with van der Waals surface area (Å²) < 4.78 is 5.33. The van der Waals surface area contributed by atoms with Crippen LogP contribution in [0.4, 0.5) is 4.79 Å². The fraction of sp³-hybridized carbons (Fsp3) is 0.857. The van der Waals surface area contributed by atoms with Gasteiger partial charge in [0.2, 0.25) is 0 Å². The van der Waals surface area contributed by atoms with Crippen molar-refractivity contribution in [1.29, 1.82) is 0 Å². The van der Waals surface area contributed by atoms with E-state index < -0.39 is 12.0 Å². The van der Waals surface area contributed by atoms with Gasteiger partial charge in [0, 0.05) is 44.9 Å². The number of urea groups is 1. The van der Waals surface area contributed by atoms with Gasteiger partial charge in [-0.05, 0) is 26.7 Å². The van der Waals surface area contributed by atoms with Crippen molar-refractivity contribution in [2.75, 3.05) is 39.4 Å². The number of nitrogens with one attached hydrogen (secondary N) is 1. The fourth-order valence-corrected chi connectivity index (χ4v) is 2.75. The third-order valence-corrected chi connectivity index (χ3v) is 4.51. The highest BCUT2D eigenvalue weighted by atomic mass is 16.5. The lowest BCUT2D eigenvalue weighted by atomic mass is 9.93. The summed E-state index contributed by atoms with van der Waals surface area (Å²) in [5, 5.41) is 12.1. The Kier molecular flexibility index (Phi) is 5.05. The van der Waals surface area contributed by atoms with Crippen LogP contribution >= 0.6 is 0 Å². The molecule has 2 heterocycles. The number of piperazine rings is 1. The van der Waals surface area contributed by atoms with Crippen molar-refractivity contribution < 1.29 is 19.4 Å². The Bertz CT molecular complexity index is 388. The van der Waals surface area contributed by atoms with Crippen molar-refractivity contribution >= 4 is 12.0 Å². The first-order valence-corrected chi connectivity index (χ1v) is 7.53. The van der Waals surface area contributed by atoms with Crippen LogP contribution in [0.25, 0.3) is 0 Å². The Morgan fingerprint density at radius 2 is 1.76 bits per heavy atom. The minimum Gasteiger partial charge on any atom is -0.480 e. The Balaban J connectivity index is 1.81. The van der Waals surface area contributed by atoms with Gasteiger partial charge in [0.1, 0.15) is 6.04 Å². The average molecular weight is 299 g/mol. The molecule has 0 aliphatic carbocycles. The second-order valence-electron chi connectivity index (χ2n) is 6.14. The molecule has 1 unspecified atom stereocenters. The minimum absolute atomic E-state index is 0.0537. The van der Waals surface area contributed by atoms with Gasteiger partial charge in [-0.25, -0.2) is 4.79 Å². The van der Waals surface area contributed by atoms with Gasteiger partial charge in [0.05, 0.1) is 0 Å². The number of hydrogen-bond donors (Lipinski definition) is 2. The van der Waals surface area contributed by atoms with Gasteiger partial charge < -0.3 is 20.1 Å². The molecule has 120 valence electrons. The molecule has 2 N–H and O–H groups in total. The van der Waals surface area contributed by atoms with Crippen molar-refractivity contribution in [2.45, 2.75) is 38.3 Å². The average Bonchev–Trinajstić information content (AvgIpc) is 2.46. The minimum atomic E-state index is -0.817. The maximum atomic E-state index is 12.3. The first kappa shape index (κ1) is 16.0. The van der Waals surface area contributed by atoms with Crippen LogP contribution in [0.1, 0.15) is 26.7 Å². The Hall–Kier alpha value is -1.34. The predicted molar refractivity (Wildman–Crippen MR) is 77.2 cm³/mol. The Morgan fingerprint density at radius 1 is 1.19 bits per heavy atom. The summed E-state index contributed by atoms with van der Waals surface area (Å²) >= 11 is 0. The van der Waals surface area contributed by atoms with Gasteiger partial charge in [-0.15, -0.1) is 0 Å². The summed E-state index contributed by atoms with van der Waals surface area (Å²) in [5.41, 5.74) is -0.194. The topological polar surface area (TPSA) is 82.1 Å². The number of hydrogen-bond acceptors (Lipinski definition) is 4. The zero-order valence-electron chi connectivity index (χ0n) is 12.8. The highest BCUT2D eigenvalue weighted by Crippen LogP contribution is 2.20. The zero-order valence-corrected chi connectivity index (χ0v) is 12.8. The molecule has 2 saturated heterocycles. The van der Waals surface area contributed by atoms with E-state index >= 15 is 0 Å². The third kappa shape index (κ3) is 4.07. The molecule has 1 atom stereocenters.